The van der Waals surface area contributed by atoms with Gasteiger partial charge in [0, 0.05) is 0 Å². The van der Waals surface area contributed by atoms with Crippen LogP contribution in [0.15, 0.2) is 0 Å². The van der Waals surface area contributed by atoms with Gasteiger partial charge in [-0.05, 0) is 64.4 Å². The lowest BCUT2D eigenvalue weighted by Crippen LogP contribution is -2.61. The minimum Gasteiger partial charge on any atom is -0.317 e. The van der Waals surface area contributed by atoms with Gasteiger partial charge in [-0.25, -0.2) is 0 Å². The minimum absolute atomic E-state index is 0.528. The summed E-state index contributed by atoms with van der Waals surface area (Å²) in [5.41, 5.74) is 0. The molecule has 0 aromatic heterocycles. The van der Waals surface area contributed by atoms with Gasteiger partial charge in [0.2, 0.25) is 0 Å². The third kappa shape index (κ3) is 2.54. The van der Waals surface area contributed by atoms with Gasteiger partial charge in [0.1, 0.15) is 0 Å². The first-order chi connectivity index (χ1) is 8.21. The zero-order valence-corrected chi connectivity index (χ0v) is 12.0. The van der Waals surface area contributed by atoms with Crippen molar-refractivity contribution in [2.45, 2.75) is 33.6 Å². The molecule has 2 fully saturated rings. The molecular weight excluding hydrogens is 209 g/mol. The average molecular weight is 237 g/mol. The first-order valence-electron chi connectivity index (χ1n) is 7.39. The second-order valence-electron chi connectivity index (χ2n) is 5.69. The fraction of sp³-hybridized carbons (Fsp3) is 1.00. The molecule has 1 aliphatic carbocycles. The molecule has 0 amide bonds. The molecule has 1 aliphatic heterocycles. The molecule has 2 atom stereocenters. The molecule has 17 heavy (non-hydrogen) atoms. The lowest BCUT2D eigenvalue weighted by atomic mass is 9.73. The molecule has 4 heteroatoms. The van der Waals surface area contributed by atoms with Gasteiger partial charge in [-0.15, -0.1) is 0 Å². The largest absolute Gasteiger partial charge is 0.403 e. The predicted molar refractivity (Wildman–Crippen MR) is 74.8 cm³/mol. The molecule has 0 spiro atoms. The van der Waals surface area contributed by atoms with Crippen LogP contribution in [0.4, 0.5) is 0 Å². The van der Waals surface area contributed by atoms with Crippen LogP contribution in [0.3, 0.4) is 0 Å². The first kappa shape index (κ1) is 13.4. The Hall–Kier alpha value is -0.0551. The molecule has 0 N–H and O–H groups in total. The quantitative estimate of drug-likeness (QED) is 0.688. The second kappa shape index (κ2) is 5.72. The highest BCUT2D eigenvalue weighted by molar-refractivity contribution is 6.49. The standard InChI is InChI=1S/C13H28BN3/c1-5-15(4)14-16(6-2)10-12-8-9-13(12)11-17(14)7-3/h12-13H,5-11H2,1-4H3. The van der Waals surface area contributed by atoms with Crippen LogP contribution < -0.4 is 0 Å². The second-order valence-corrected chi connectivity index (χ2v) is 5.69. The highest BCUT2D eigenvalue weighted by Gasteiger charge is 2.43. The zero-order valence-electron chi connectivity index (χ0n) is 12.0. The fourth-order valence-electron chi connectivity index (χ4n) is 3.45. The third-order valence-corrected chi connectivity index (χ3v) is 4.87. The Labute approximate surface area is 107 Å². The van der Waals surface area contributed by atoms with Crippen LogP contribution in [-0.4, -0.2) is 61.3 Å². The van der Waals surface area contributed by atoms with Gasteiger partial charge in [0.15, 0.2) is 0 Å². The summed E-state index contributed by atoms with van der Waals surface area (Å²) in [6.07, 6.45) is 2.92. The smallest absolute Gasteiger partial charge is 0.317 e. The Bertz CT molecular complexity index is 229. The van der Waals surface area contributed by atoms with Crippen molar-refractivity contribution < 1.29 is 0 Å². The molecule has 1 heterocycles. The van der Waals surface area contributed by atoms with E-state index < -0.39 is 0 Å². The van der Waals surface area contributed by atoms with Crippen molar-refractivity contribution >= 4 is 7.12 Å². The van der Waals surface area contributed by atoms with E-state index in [0.29, 0.717) is 7.12 Å². The van der Waals surface area contributed by atoms with Crippen LogP contribution in [0, 0.1) is 11.8 Å². The summed E-state index contributed by atoms with van der Waals surface area (Å²) < 4.78 is 0. The van der Waals surface area contributed by atoms with E-state index in [1.807, 2.05) is 0 Å². The Morgan fingerprint density at radius 3 is 1.76 bits per heavy atom. The van der Waals surface area contributed by atoms with Crippen LogP contribution in [0.1, 0.15) is 33.6 Å². The topological polar surface area (TPSA) is 9.72 Å². The van der Waals surface area contributed by atoms with Crippen LogP contribution in [-0.2, 0) is 0 Å². The van der Waals surface area contributed by atoms with Gasteiger partial charge < -0.3 is 14.4 Å². The normalized spacial score (nSPS) is 31.2. The van der Waals surface area contributed by atoms with Crippen molar-refractivity contribution in [1.29, 1.82) is 0 Å². The Kier molecular flexibility index (Phi) is 4.50. The molecule has 0 radical (unpaired) electrons. The van der Waals surface area contributed by atoms with E-state index in [9.17, 15) is 0 Å². The van der Waals surface area contributed by atoms with E-state index >= 15 is 0 Å². The molecule has 98 valence electrons. The van der Waals surface area contributed by atoms with E-state index in [4.69, 9.17) is 0 Å². The molecule has 1 saturated heterocycles. The molecule has 1 saturated carbocycles. The molecule has 2 rings (SSSR count). The van der Waals surface area contributed by atoms with Crippen molar-refractivity contribution in [3.63, 3.8) is 0 Å². The van der Waals surface area contributed by atoms with Gasteiger partial charge in [0.05, 0.1) is 0 Å². The molecule has 0 aromatic rings. The summed E-state index contributed by atoms with van der Waals surface area (Å²) in [6, 6.07) is 0. The SMILES string of the molecule is CCN(C)B1N(CC)CC2CCC2CN1CC. The summed E-state index contributed by atoms with van der Waals surface area (Å²) in [4.78, 5) is 7.85. The highest BCUT2D eigenvalue weighted by atomic mass is 15.3. The maximum atomic E-state index is 2.68. The summed E-state index contributed by atoms with van der Waals surface area (Å²) in [5.74, 6) is 1.94. The van der Waals surface area contributed by atoms with Crippen molar-refractivity contribution in [2.75, 3.05) is 39.8 Å². The maximum Gasteiger partial charge on any atom is 0.403 e. The molecule has 2 unspecified atom stereocenters. The summed E-state index contributed by atoms with van der Waals surface area (Å²) in [7, 11) is 2.80. The summed E-state index contributed by atoms with van der Waals surface area (Å²) >= 11 is 0. The number of fused-ring (bicyclic) bond motifs is 1. The van der Waals surface area contributed by atoms with E-state index in [1.54, 1.807) is 0 Å². The Balaban J connectivity index is 2.15. The number of hydrogen-bond acceptors (Lipinski definition) is 3. The van der Waals surface area contributed by atoms with Crippen LogP contribution in [0.2, 0.25) is 0 Å². The van der Waals surface area contributed by atoms with E-state index in [0.717, 1.165) is 18.4 Å². The Morgan fingerprint density at radius 1 is 1.00 bits per heavy atom. The number of rotatable bonds is 4. The van der Waals surface area contributed by atoms with Crippen molar-refractivity contribution in [3.8, 4) is 0 Å². The highest BCUT2D eigenvalue weighted by Crippen LogP contribution is 2.38. The van der Waals surface area contributed by atoms with E-state index in [1.165, 1.54) is 39.0 Å². The molecule has 0 aromatic carbocycles. The summed E-state index contributed by atoms with van der Waals surface area (Å²) in [5, 5.41) is 0. The lowest BCUT2D eigenvalue weighted by molar-refractivity contribution is 0.144. The van der Waals surface area contributed by atoms with Crippen LogP contribution in [0.25, 0.3) is 0 Å². The van der Waals surface area contributed by atoms with Crippen molar-refractivity contribution in [1.82, 2.24) is 14.4 Å². The minimum atomic E-state index is 0.528. The average Bonchev–Trinajstić information content (AvgIpc) is 2.44. The number of nitrogens with zero attached hydrogens (tertiary/aromatic N) is 3. The molecule has 3 nitrogen and oxygen atoms in total. The fourth-order valence-corrected chi connectivity index (χ4v) is 3.45. The molecule has 0 bridgehead atoms. The van der Waals surface area contributed by atoms with Gasteiger partial charge in [0.25, 0.3) is 0 Å². The zero-order chi connectivity index (χ0) is 12.4. The third-order valence-electron chi connectivity index (χ3n) is 4.87. The molecular formula is C13H28BN3. The van der Waals surface area contributed by atoms with E-state index in [2.05, 4.69) is 42.3 Å². The van der Waals surface area contributed by atoms with Gasteiger partial charge >= 0.3 is 7.12 Å². The van der Waals surface area contributed by atoms with Crippen molar-refractivity contribution in [2.24, 2.45) is 11.8 Å². The number of hydrogen-bond donors (Lipinski definition) is 0. The summed E-state index contributed by atoms with van der Waals surface area (Å²) in [6.45, 7) is 13.0. The van der Waals surface area contributed by atoms with Crippen LogP contribution >= 0.6 is 0 Å². The van der Waals surface area contributed by atoms with Gasteiger partial charge in [-0.1, -0.05) is 20.8 Å². The van der Waals surface area contributed by atoms with Crippen molar-refractivity contribution in [3.05, 3.63) is 0 Å². The first-order valence-corrected chi connectivity index (χ1v) is 7.39. The predicted octanol–water partition coefficient (Wildman–Crippen LogP) is 1.61. The van der Waals surface area contributed by atoms with Gasteiger partial charge in [-0.2, -0.15) is 0 Å². The molecule has 2 aliphatic rings. The van der Waals surface area contributed by atoms with E-state index in [-0.39, 0.29) is 0 Å². The van der Waals surface area contributed by atoms with Gasteiger partial charge in [-0.3, -0.25) is 0 Å². The monoisotopic (exact) mass is 237 g/mol. The lowest BCUT2D eigenvalue weighted by Gasteiger charge is -2.38. The Morgan fingerprint density at radius 2 is 1.47 bits per heavy atom. The van der Waals surface area contributed by atoms with Crippen LogP contribution in [0.5, 0.6) is 0 Å². The maximum absolute atomic E-state index is 2.68.